The summed E-state index contributed by atoms with van der Waals surface area (Å²) in [6.07, 6.45) is 5.54. The first-order chi connectivity index (χ1) is 6.77. The molecule has 1 saturated carbocycles. The first-order valence-corrected chi connectivity index (χ1v) is 6.12. The lowest BCUT2D eigenvalue weighted by Gasteiger charge is -2.20. The molecule has 1 aliphatic rings. The average Bonchev–Trinajstić information content (AvgIpc) is 3.01. The third kappa shape index (κ3) is 4.43. The van der Waals surface area contributed by atoms with Gasteiger partial charge in [-0.25, -0.2) is 0 Å². The second-order valence-corrected chi connectivity index (χ2v) is 4.45. The van der Waals surface area contributed by atoms with Gasteiger partial charge < -0.3 is 10.1 Å². The highest BCUT2D eigenvalue weighted by atomic mass is 16.5. The van der Waals surface area contributed by atoms with Crippen LogP contribution in [0.15, 0.2) is 0 Å². The summed E-state index contributed by atoms with van der Waals surface area (Å²) in [7, 11) is 0. The van der Waals surface area contributed by atoms with Gasteiger partial charge in [-0.3, -0.25) is 0 Å². The number of hydrogen-bond donors (Lipinski definition) is 1. The molecule has 0 aliphatic heterocycles. The van der Waals surface area contributed by atoms with E-state index in [1.165, 1.54) is 19.3 Å². The fourth-order valence-corrected chi connectivity index (χ4v) is 1.58. The van der Waals surface area contributed by atoms with Crippen molar-refractivity contribution in [1.29, 1.82) is 0 Å². The van der Waals surface area contributed by atoms with Crippen molar-refractivity contribution in [2.75, 3.05) is 13.2 Å². The lowest BCUT2D eigenvalue weighted by Crippen LogP contribution is -2.36. The molecule has 1 aliphatic carbocycles. The van der Waals surface area contributed by atoms with E-state index in [2.05, 4.69) is 26.1 Å². The van der Waals surface area contributed by atoms with Crippen LogP contribution in [0.1, 0.15) is 46.5 Å². The molecule has 0 heterocycles. The molecule has 1 fully saturated rings. The van der Waals surface area contributed by atoms with Gasteiger partial charge in [-0.05, 0) is 45.1 Å². The Morgan fingerprint density at radius 3 is 2.57 bits per heavy atom. The molecule has 0 aromatic rings. The van der Waals surface area contributed by atoms with Gasteiger partial charge in [0.15, 0.2) is 0 Å². The summed E-state index contributed by atoms with van der Waals surface area (Å²) in [6.45, 7) is 8.58. The molecule has 0 bridgehead atoms. The lowest BCUT2D eigenvalue weighted by molar-refractivity contribution is 0.0436. The number of hydrogen-bond acceptors (Lipinski definition) is 2. The van der Waals surface area contributed by atoms with Crippen LogP contribution in [0.3, 0.4) is 0 Å². The summed E-state index contributed by atoms with van der Waals surface area (Å²) in [5.41, 5.74) is 0. The van der Waals surface area contributed by atoms with Gasteiger partial charge in [0.05, 0.1) is 12.7 Å². The molecule has 2 atom stereocenters. The second kappa shape index (κ2) is 6.41. The zero-order valence-electron chi connectivity index (χ0n) is 9.88. The molecule has 2 heteroatoms. The smallest absolute Gasteiger partial charge is 0.0625 e. The van der Waals surface area contributed by atoms with Gasteiger partial charge in [0, 0.05) is 6.04 Å². The van der Waals surface area contributed by atoms with Crippen LogP contribution < -0.4 is 5.32 Å². The van der Waals surface area contributed by atoms with Crippen LogP contribution in [-0.4, -0.2) is 25.3 Å². The largest absolute Gasteiger partial charge is 0.377 e. The fourth-order valence-electron chi connectivity index (χ4n) is 1.58. The Hall–Kier alpha value is -0.0800. The minimum atomic E-state index is 0.416. The van der Waals surface area contributed by atoms with E-state index in [-0.39, 0.29) is 0 Å². The Morgan fingerprint density at radius 2 is 2.07 bits per heavy atom. The Kier molecular flexibility index (Phi) is 5.49. The summed E-state index contributed by atoms with van der Waals surface area (Å²) >= 11 is 0. The summed E-state index contributed by atoms with van der Waals surface area (Å²) in [4.78, 5) is 0. The highest BCUT2D eigenvalue weighted by molar-refractivity contribution is 4.86. The van der Waals surface area contributed by atoms with Crippen molar-refractivity contribution in [2.45, 2.75) is 58.6 Å². The van der Waals surface area contributed by atoms with Gasteiger partial charge in [0.25, 0.3) is 0 Å². The molecule has 0 aromatic carbocycles. The standard InChI is InChI=1S/C12H25NO/c1-4-8-13-12(11-6-7-11)9-14-10(3)5-2/h10-13H,4-9H2,1-3H3. The number of nitrogens with one attached hydrogen (secondary N) is 1. The Labute approximate surface area is 88.4 Å². The molecule has 2 unspecified atom stereocenters. The maximum Gasteiger partial charge on any atom is 0.0625 e. The van der Waals surface area contributed by atoms with Crippen molar-refractivity contribution >= 4 is 0 Å². The molecule has 0 amide bonds. The molecule has 1 N–H and O–H groups in total. The van der Waals surface area contributed by atoms with Crippen molar-refractivity contribution < 1.29 is 4.74 Å². The van der Waals surface area contributed by atoms with Crippen LogP contribution in [0.2, 0.25) is 0 Å². The van der Waals surface area contributed by atoms with Crippen LogP contribution in [-0.2, 0) is 4.74 Å². The summed E-state index contributed by atoms with van der Waals surface area (Å²) in [6, 6.07) is 0.615. The zero-order chi connectivity index (χ0) is 10.4. The van der Waals surface area contributed by atoms with Crippen molar-refractivity contribution in [1.82, 2.24) is 5.32 Å². The summed E-state index contributed by atoms with van der Waals surface area (Å²) < 4.78 is 5.79. The predicted molar refractivity (Wildman–Crippen MR) is 60.5 cm³/mol. The number of rotatable bonds is 8. The normalized spacial score (nSPS) is 20.8. The molecular formula is C12H25NO. The highest BCUT2D eigenvalue weighted by Crippen LogP contribution is 2.32. The number of ether oxygens (including phenoxy) is 1. The molecule has 0 aromatic heterocycles. The minimum Gasteiger partial charge on any atom is -0.377 e. The summed E-state index contributed by atoms with van der Waals surface area (Å²) in [5.74, 6) is 0.894. The first-order valence-electron chi connectivity index (χ1n) is 6.12. The van der Waals surface area contributed by atoms with Gasteiger partial charge in [0.2, 0.25) is 0 Å². The van der Waals surface area contributed by atoms with Gasteiger partial charge in [-0.1, -0.05) is 13.8 Å². The van der Waals surface area contributed by atoms with E-state index in [0.717, 1.165) is 25.5 Å². The fraction of sp³-hybridized carbons (Fsp3) is 1.00. The van der Waals surface area contributed by atoms with E-state index in [1.807, 2.05) is 0 Å². The van der Waals surface area contributed by atoms with E-state index in [0.29, 0.717) is 12.1 Å². The van der Waals surface area contributed by atoms with Crippen molar-refractivity contribution in [3.05, 3.63) is 0 Å². The Balaban J connectivity index is 2.14. The van der Waals surface area contributed by atoms with Crippen molar-refractivity contribution in [3.8, 4) is 0 Å². The Bertz CT molecular complexity index is 145. The average molecular weight is 199 g/mol. The van der Waals surface area contributed by atoms with Crippen LogP contribution in [0.25, 0.3) is 0 Å². The van der Waals surface area contributed by atoms with Gasteiger partial charge in [0.1, 0.15) is 0 Å². The molecule has 1 rings (SSSR count). The van der Waals surface area contributed by atoms with Gasteiger partial charge in [-0.15, -0.1) is 0 Å². The monoisotopic (exact) mass is 199 g/mol. The van der Waals surface area contributed by atoms with Crippen LogP contribution >= 0.6 is 0 Å². The molecule has 0 spiro atoms. The van der Waals surface area contributed by atoms with Crippen LogP contribution in [0.4, 0.5) is 0 Å². The minimum absolute atomic E-state index is 0.416. The van der Waals surface area contributed by atoms with E-state index < -0.39 is 0 Å². The van der Waals surface area contributed by atoms with Crippen LogP contribution in [0.5, 0.6) is 0 Å². The Morgan fingerprint density at radius 1 is 1.36 bits per heavy atom. The quantitative estimate of drug-likeness (QED) is 0.649. The summed E-state index contributed by atoms with van der Waals surface area (Å²) in [5, 5.41) is 3.59. The topological polar surface area (TPSA) is 21.3 Å². The first kappa shape index (κ1) is 12.0. The lowest BCUT2D eigenvalue weighted by atomic mass is 10.2. The van der Waals surface area contributed by atoms with Gasteiger partial charge >= 0.3 is 0 Å². The van der Waals surface area contributed by atoms with E-state index in [4.69, 9.17) is 4.74 Å². The third-order valence-corrected chi connectivity index (χ3v) is 2.98. The van der Waals surface area contributed by atoms with Crippen molar-refractivity contribution in [2.24, 2.45) is 5.92 Å². The van der Waals surface area contributed by atoms with Crippen LogP contribution in [0, 0.1) is 5.92 Å². The highest BCUT2D eigenvalue weighted by Gasteiger charge is 2.30. The molecule has 84 valence electrons. The third-order valence-electron chi connectivity index (χ3n) is 2.98. The van der Waals surface area contributed by atoms with Gasteiger partial charge in [-0.2, -0.15) is 0 Å². The molecular weight excluding hydrogens is 174 g/mol. The zero-order valence-corrected chi connectivity index (χ0v) is 9.88. The van der Waals surface area contributed by atoms with Crippen molar-refractivity contribution in [3.63, 3.8) is 0 Å². The molecule has 2 nitrogen and oxygen atoms in total. The molecule has 0 saturated heterocycles. The SMILES string of the molecule is CCCNC(COC(C)CC)C1CC1. The van der Waals surface area contributed by atoms with E-state index >= 15 is 0 Å². The van der Waals surface area contributed by atoms with E-state index in [1.54, 1.807) is 0 Å². The maximum absolute atomic E-state index is 5.79. The second-order valence-electron chi connectivity index (χ2n) is 4.45. The maximum atomic E-state index is 5.79. The molecule has 0 radical (unpaired) electrons. The molecule has 14 heavy (non-hydrogen) atoms. The van der Waals surface area contributed by atoms with E-state index in [9.17, 15) is 0 Å². The predicted octanol–water partition coefficient (Wildman–Crippen LogP) is 2.58.